The van der Waals surface area contributed by atoms with Crippen molar-refractivity contribution in [3.63, 3.8) is 0 Å². The molecule has 1 saturated heterocycles. The fourth-order valence-electron chi connectivity index (χ4n) is 3.81. The second kappa shape index (κ2) is 5.11. The van der Waals surface area contributed by atoms with Gasteiger partial charge in [-0.2, -0.15) is 5.10 Å². The first kappa shape index (κ1) is 13.8. The van der Waals surface area contributed by atoms with Crippen LogP contribution < -0.4 is 5.32 Å². The number of esters is 1. The highest BCUT2D eigenvalue weighted by atomic mass is 16.6. The third-order valence-corrected chi connectivity index (χ3v) is 5.19. The normalized spacial score (nSPS) is 26.4. The summed E-state index contributed by atoms with van der Waals surface area (Å²) >= 11 is 0. The molecule has 118 valence electrons. The lowest BCUT2D eigenvalue weighted by atomic mass is 9.85. The molecule has 22 heavy (non-hydrogen) atoms. The molecule has 3 fully saturated rings. The molecule has 2 heterocycles. The molecule has 3 aliphatic rings. The second-order valence-electron chi connectivity index (χ2n) is 6.81. The minimum atomic E-state index is -0.533. The van der Waals surface area contributed by atoms with Crippen LogP contribution in [0.2, 0.25) is 0 Å². The van der Waals surface area contributed by atoms with E-state index in [0.717, 1.165) is 37.1 Å². The average molecular weight is 303 g/mol. The summed E-state index contributed by atoms with van der Waals surface area (Å²) in [6.07, 6.45) is 6.31. The number of amides is 1. The van der Waals surface area contributed by atoms with Gasteiger partial charge in [0.1, 0.15) is 5.60 Å². The number of rotatable bonds is 4. The highest BCUT2D eigenvalue weighted by Crippen LogP contribution is 2.45. The minimum Gasteiger partial charge on any atom is -0.458 e. The van der Waals surface area contributed by atoms with Gasteiger partial charge in [-0.15, -0.1) is 0 Å². The van der Waals surface area contributed by atoms with E-state index in [1.54, 1.807) is 0 Å². The Morgan fingerprint density at radius 1 is 1.41 bits per heavy atom. The molecule has 2 N–H and O–H groups in total. The molecule has 6 nitrogen and oxygen atoms in total. The summed E-state index contributed by atoms with van der Waals surface area (Å²) in [5.41, 5.74) is 1.48. The van der Waals surface area contributed by atoms with Crippen molar-refractivity contribution >= 4 is 11.9 Å². The van der Waals surface area contributed by atoms with E-state index in [4.69, 9.17) is 4.74 Å². The van der Waals surface area contributed by atoms with Crippen LogP contribution in [0.4, 0.5) is 0 Å². The Morgan fingerprint density at radius 3 is 2.91 bits per heavy atom. The summed E-state index contributed by atoms with van der Waals surface area (Å²) in [6, 6.07) is 2.03. The summed E-state index contributed by atoms with van der Waals surface area (Å²) in [7, 11) is 0. The maximum atomic E-state index is 12.5. The first-order chi connectivity index (χ1) is 10.7. The zero-order valence-corrected chi connectivity index (χ0v) is 12.6. The lowest BCUT2D eigenvalue weighted by Crippen LogP contribution is -2.42. The fraction of sp³-hybridized carbons (Fsp3) is 0.688. The topological polar surface area (TPSA) is 84.1 Å². The fourth-order valence-corrected chi connectivity index (χ4v) is 3.81. The Balaban J connectivity index is 1.39. The van der Waals surface area contributed by atoms with Crippen molar-refractivity contribution in [1.29, 1.82) is 0 Å². The zero-order valence-electron chi connectivity index (χ0n) is 12.6. The first-order valence-electron chi connectivity index (χ1n) is 8.20. The molecule has 0 unspecified atom stereocenters. The van der Waals surface area contributed by atoms with Crippen LogP contribution in [-0.4, -0.2) is 27.7 Å². The van der Waals surface area contributed by atoms with Crippen molar-refractivity contribution in [2.45, 2.75) is 63.0 Å². The molecule has 2 aliphatic carbocycles. The van der Waals surface area contributed by atoms with Gasteiger partial charge in [-0.1, -0.05) is 0 Å². The second-order valence-corrected chi connectivity index (χ2v) is 6.81. The third kappa shape index (κ3) is 2.40. The monoisotopic (exact) mass is 303 g/mol. The van der Waals surface area contributed by atoms with Gasteiger partial charge >= 0.3 is 5.97 Å². The molecule has 1 aliphatic heterocycles. The van der Waals surface area contributed by atoms with Gasteiger partial charge in [0.2, 0.25) is 5.91 Å². The number of carbonyl (C=O) groups is 2. The Bertz CT molecular complexity index is 600. The van der Waals surface area contributed by atoms with Crippen LogP contribution in [0.15, 0.2) is 6.07 Å². The maximum absolute atomic E-state index is 12.5. The van der Waals surface area contributed by atoms with Crippen LogP contribution in [0.3, 0.4) is 0 Å². The van der Waals surface area contributed by atoms with Gasteiger partial charge in [0.05, 0.1) is 30.3 Å². The Kier molecular flexibility index (Phi) is 3.20. The summed E-state index contributed by atoms with van der Waals surface area (Å²) in [5, 5.41) is 10.2. The van der Waals surface area contributed by atoms with Crippen molar-refractivity contribution in [1.82, 2.24) is 15.5 Å². The van der Waals surface area contributed by atoms with E-state index in [1.807, 2.05) is 6.07 Å². The standard InChI is InChI=1S/C16H21N3O3/c20-14-8-12(16(22-14)5-1-2-6-16)15(21)17-9-11-7-13(19-18-11)10-3-4-10/h7,10,12H,1-6,8-9H2,(H,17,21)(H,18,19)/t12-/m0/s1. The van der Waals surface area contributed by atoms with Crippen molar-refractivity contribution in [2.24, 2.45) is 5.92 Å². The van der Waals surface area contributed by atoms with Crippen LogP contribution in [0.1, 0.15) is 62.3 Å². The van der Waals surface area contributed by atoms with E-state index in [0.29, 0.717) is 12.5 Å². The first-order valence-corrected chi connectivity index (χ1v) is 8.20. The number of ether oxygens (including phenoxy) is 1. The van der Waals surface area contributed by atoms with Crippen LogP contribution >= 0.6 is 0 Å². The zero-order chi connectivity index (χ0) is 15.2. The maximum Gasteiger partial charge on any atom is 0.307 e. The highest BCUT2D eigenvalue weighted by Gasteiger charge is 2.53. The van der Waals surface area contributed by atoms with Gasteiger partial charge < -0.3 is 10.1 Å². The van der Waals surface area contributed by atoms with Crippen molar-refractivity contribution in [2.75, 3.05) is 0 Å². The summed E-state index contributed by atoms with van der Waals surface area (Å²) in [6.45, 7) is 0.430. The van der Waals surface area contributed by atoms with Gasteiger partial charge in [-0.3, -0.25) is 14.7 Å². The highest BCUT2D eigenvalue weighted by molar-refractivity contribution is 5.87. The third-order valence-electron chi connectivity index (χ3n) is 5.19. The number of nitrogens with one attached hydrogen (secondary N) is 2. The Hall–Kier alpha value is -1.85. The number of aromatic amines is 1. The molecule has 0 radical (unpaired) electrons. The predicted molar refractivity (Wildman–Crippen MR) is 77.8 cm³/mol. The molecule has 1 atom stereocenters. The smallest absolute Gasteiger partial charge is 0.307 e. The quantitative estimate of drug-likeness (QED) is 0.830. The van der Waals surface area contributed by atoms with Gasteiger partial charge in [-0.25, -0.2) is 0 Å². The number of hydrogen-bond acceptors (Lipinski definition) is 4. The van der Waals surface area contributed by atoms with Crippen LogP contribution in [0.5, 0.6) is 0 Å². The largest absolute Gasteiger partial charge is 0.458 e. The van der Waals surface area contributed by atoms with Gasteiger partial charge in [0.15, 0.2) is 0 Å². The lowest BCUT2D eigenvalue weighted by Gasteiger charge is -2.27. The van der Waals surface area contributed by atoms with Gasteiger partial charge in [0, 0.05) is 5.92 Å². The molecule has 6 heteroatoms. The van der Waals surface area contributed by atoms with E-state index in [1.165, 1.54) is 12.8 Å². The Labute approximate surface area is 129 Å². The number of nitrogens with zero attached hydrogens (tertiary/aromatic N) is 1. The van der Waals surface area contributed by atoms with E-state index in [2.05, 4.69) is 15.5 Å². The summed E-state index contributed by atoms with van der Waals surface area (Å²) in [5.74, 6) is -0.0495. The number of hydrogen-bond donors (Lipinski definition) is 2. The average Bonchev–Trinajstić information content (AvgIpc) is 2.95. The summed E-state index contributed by atoms with van der Waals surface area (Å²) in [4.78, 5) is 24.2. The molecule has 2 saturated carbocycles. The molecular formula is C16H21N3O3. The van der Waals surface area contributed by atoms with E-state index in [9.17, 15) is 9.59 Å². The lowest BCUT2D eigenvalue weighted by molar-refractivity contribution is -0.149. The molecule has 1 aromatic rings. The minimum absolute atomic E-state index is 0.0738. The SMILES string of the molecule is O=C1C[C@@H](C(=O)NCc2cc(C3CC3)n[nH]2)C2(CCCC2)O1. The molecule has 4 rings (SSSR count). The van der Waals surface area contributed by atoms with Gasteiger partial charge in [0.25, 0.3) is 0 Å². The Morgan fingerprint density at radius 2 is 2.18 bits per heavy atom. The van der Waals surface area contributed by atoms with Crippen LogP contribution in [-0.2, 0) is 20.9 Å². The number of aromatic nitrogens is 2. The molecule has 1 spiro atoms. The van der Waals surface area contributed by atoms with Gasteiger partial charge in [-0.05, 0) is 44.6 Å². The number of carbonyl (C=O) groups excluding carboxylic acids is 2. The van der Waals surface area contributed by atoms with E-state index >= 15 is 0 Å². The van der Waals surface area contributed by atoms with Crippen LogP contribution in [0.25, 0.3) is 0 Å². The number of H-pyrrole nitrogens is 1. The van der Waals surface area contributed by atoms with E-state index < -0.39 is 5.60 Å². The van der Waals surface area contributed by atoms with Crippen molar-refractivity contribution in [3.05, 3.63) is 17.5 Å². The molecule has 0 aromatic carbocycles. The molecule has 0 bridgehead atoms. The molecular weight excluding hydrogens is 282 g/mol. The predicted octanol–water partition coefficient (Wildman–Crippen LogP) is 1.78. The summed E-state index contributed by atoms with van der Waals surface area (Å²) < 4.78 is 5.52. The molecule has 1 amide bonds. The van der Waals surface area contributed by atoms with Crippen molar-refractivity contribution < 1.29 is 14.3 Å². The molecule has 1 aromatic heterocycles. The van der Waals surface area contributed by atoms with Crippen molar-refractivity contribution in [3.8, 4) is 0 Å². The van der Waals surface area contributed by atoms with Crippen LogP contribution in [0, 0.1) is 5.92 Å². The van der Waals surface area contributed by atoms with E-state index in [-0.39, 0.29) is 24.2 Å².